The van der Waals surface area contributed by atoms with Crippen molar-refractivity contribution < 1.29 is 4.79 Å². The topological polar surface area (TPSA) is 45.8 Å². The van der Waals surface area contributed by atoms with Gasteiger partial charge in [-0.2, -0.15) is 0 Å². The number of nitrogens with one attached hydrogen (secondary N) is 1. The van der Waals surface area contributed by atoms with Gasteiger partial charge in [-0.25, -0.2) is 4.98 Å². The van der Waals surface area contributed by atoms with Crippen LogP contribution in [0, 0.1) is 0 Å². The molecule has 0 saturated carbocycles. The van der Waals surface area contributed by atoms with Crippen LogP contribution >= 0.6 is 22.9 Å². The summed E-state index contributed by atoms with van der Waals surface area (Å²) in [7, 11) is 0. The third kappa shape index (κ3) is 2.37. The average molecular weight is 305 g/mol. The van der Waals surface area contributed by atoms with E-state index in [1.807, 2.05) is 17.5 Å². The third-order valence-electron chi connectivity index (χ3n) is 3.14. The van der Waals surface area contributed by atoms with E-state index in [1.54, 1.807) is 12.3 Å². The Balaban J connectivity index is 1.99. The molecule has 5 heteroatoms. The number of hydrogen-bond acceptors (Lipinski definition) is 3. The quantitative estimate of drug-likeness (QED) is 0.723. The number of aromatic nitrogens is 2. The maximum absolute atomic E-state index is 12.5. The second kappa shape index (κ2) is 5.38. The lowest BCUT2D eigenvalue weighted by Crippen LogP contribution is -2.00. The van der Waals surface area contributed by atoms with Gasteiger partial charge < -0.3 is 4.98 Å². The zero-order valence-corrected chi connectivity index (χ0v) is 12.5. The fourth-order valence-electron chi connectivity index (χ4n) is 2.18. The second-order valence-electron chi connectivity index (χ2n) is 4.62. The molecule has 0 spiro atoms. The van der Waals surface area contributed by atoms with Gasteiger partial charge in [-0.3, -0.25) is 4.79 Å². The molecular formula is C15H13ClN2OS. The van der Waals surface area contributed by atoms with Gasteiger partial charge >= 0.3 is 0 Å². The summed E-state index contributed by atoms with van der Waals surface area (Å²) in [4.78, 5) is 20.0. The van der Waals surface area contributed by atoms with E-state index in [0.717, 1.165) is 29.4 Å². The van der Waals surface area contributed by atoms with Crippen LogP contribution in [0.5, 0.6) is 0 Å². The lowest BCUT2D eigenvalue weighted by Gasteiger charge is -1.96. The summed E-state index contributed by atoms with van der Waals surface area (Å²) in [6.45, 7) is 2.10. The number of benzene rings is 1. The van der Waals surface area contributed by atoms with Crippen LogP contribution in [-0.2, 0) is 6.42 Å². The van der Waals surface area contributed by atoms with E-state index in [-0.39, 0.29) is 5.78 Å². The number of carbonyl (C=O) groups is 1. The lowest BCUT2D eigenvalue weighted by atomic mass is 10.1. The molecule has 20 heavy (non-hydrogen) atoms. The van der Waals surface area contributed by atoms with Crippen molar-refractivity contribution in [3.05, 3.63) is 51.1 Å². The standard InChI is InChI=1S/C15H13ClN2OS/c1-2-3-10-8-20-15(18-10)14(19)12-7-17-13-6-9(16)4-5-11(12)13/h4-8,17H,2-3H2,1H3. The zero-order valence-electron chi connectivity index (χ0n) is 10.9. The summed E-state index contributed by atoms with van der Waals surface area (Å²) < 4.78 is 0. The van der Waals surface area contributed by atoms with Gasteiger partial charge in [0.05, 0.1) is 11.3 Å². The first-order chi connectivity index (χ1) is 9.69. The Morgan fingerprint density at radius 2 is 2.30 bits per heavy atom. The minimum Gasteiger partial charge on any atom is -0.360 e. The van der Waals surface area contributed by atoms with Gasteiger partial charge in [-0.15, -0.1) is 11.3 Å². The molecule has 0 atom stereocenters. The Labute approximate surface area is 125 Å². The number of thiazole rings is 1. The predicted molar refractivity (Wildman–Crippen MR) is 82.9 cm³/mol. The zero-order chi connectivity index (χ0) is 14.1. The van der Waals surface area contributed by atoms with E-state index in [0.29, 0.717) is 15.6 Å². The molecule has 0 amide bonds. The van der Waals surface area contributed by atoms with Crippen LogP contribution in [0.25, 0.3) is 10.9 Å². The highest BCUT2D eigenvalue weighted by Crippen LogP contribution is 2.25. The Morgan fingerprint density at radius 3 is 3.10 bits per heavy atom. The van der Waals surface area contributed by atoms with E-state index >= 15 is 0 Å². The van der Waals surface area contributed by atoms with Crippen LogP contribution in [-0.4, -0.2) is 15.8 Å². The summed E-state index contributed by atoms with van der Waals surface area (Å²) in [5.41, 5.74) is 2.50. The number of H-pyrrole nitrogens is 1. The van der Waals surface area contributed by atoms with Crippen LogP contribution in [0.2, 0.25) is 5.02 Å². The summed E-state index contributed by atoms with van der Waals surface area (Å²) in [5.74, 6) is -0.0362. The Morgan fingerprint density at radius 1 is 1.45 bits per heavy atom. The van der Waals surface area contributed by atoms with Crippen molar-refractivity contribution in [1.29, 1.82) is 0 Å². The number of halogens is 1. The molecule has 3 aromatic rings. The van der Waals surface area contributed by atoms with Crippen LogP contribution in [0.3, 0.4) is 0 Å². The molecule has 1 N–H and O–H groups in total. The first-order valence-corrected chi connectivity index (χ1v) is 7.70. The van der Waals surface area contributed by atoms with Crippen LogP contribution in [0.4, 0.5) is 0 Å². The summed E-state index contributed by atoms with van der Waals surface area (Å²) in [6.07, 6.45) is 3.67. The maximum Gasteiger partial charge on any atom is 0.223 e. The summed E-state index contributed by atoms with van der Waals surface area (Å²) in [6, 6.07) is 5.47. The molecule has 0 aliphatic rings. The van der Waals surface area contributed by atoms with Crippen molar-refractivity contribution in [3.63, 3.8) is 0 Å². The molecule has 0 fully saturated rings. The van der Waals surface area contributed by atoms with E-state index in [9.17, 15) is 4.79 Å². The van der Waals surface area contributed by atoms with Gasteiger partial charge in [-0.05, 0) is 18.6 Å². The minimum absolute atomic E-state index is 0.0362. The number of aryl methyl sites for hydroxylation is 1. The normalized spacial score (nSPS) is 11.1. The van der Waals surface area contributed by atoms with Crippen molar-refractivity contribution in [2.45, 2.75) is 19.8 Å². The van der Waals surface area contributed by atoms with Gasteiger partial charge in [0.25, 0.3) is 0 Å². The molecule has 0 radical (unpaired) electrons. The number of aromatic amines is 1. The Kier molecular flexibility index (Phi) is 3.59. The van der Waals surface area contributed by atoms with E-state index in [1.165, 1.54) is 11.3 Å². The van der Waals surface area contributed by atoms with Gasteiger partial charge in [0.1, 0.15) is 0 Å². The second-order valence-corrected chi connectivity index (χ2v) is 5.91. The van der Waals surface area contributed by atoms with Crippen molar-refractivity contribution >= 4 is 39.6 Å². The number of rotatable bonds is 4. The molecule has 3 rings (SSSR count). The first-order valence-electron chi connectivity index (χ1n) is 6.44. The van der Waals surface area contributed by atoms with Crippen LogP contribution in [0.1, 0.15) is 34.4 Å². The molecule has 0 bridgehead atoms. The van der Waals surface area contributed by atoms with Gasteiger partial charge in [0, 0.05) is 27.5 Å². The van der Waals surface area contributed by atoms with E-state index in [4.69, 9.17) is 11.6 Å². The summed E-state index contributed by atoms with van der Waals surface area (Å²) in [5, 5.41) is 4.04. The molecule has 0 saturated heterocycles. The Hall–Kier alpha value is -1.65. The third-order valence-corrected chi connectivity index (χ3v) is 4.27. The van der Waals surface area contributed by atoms with Crippen molar-refractivity contribution in [3.8, 4) is 0 Å². The Bertz CT molecular complexity index is 775. The molecule has 102 valence electrons. The van der Waals surface area contributed by atoms with Gasteiger partial charge in [-0.1, -0.05) is 31.0 Å². The lowest BCUT2D eigenvalue weighted by molar-refractivity contribution is 0.104. The van der Waals surface area contributed by atoms with Crippen molar-refractivity contribution in [1.82, 2.24) is 9.97 Å². The highest BCUT2D eigenvalue weighted by molar-refractivity contribution is 7.12. The molecule has 0 aliphatic heterocycles. The van der Waals surface area contributed by atoms with Gasteiger partial charge in [0.2, 0.25) is 5.78 Å². The SMILES string of the molecule is CCCc1csc(C(=O)c2c[nH]c3cc(Cl)ccc23)n1. The minimum atomic E-state index is -0.0362. The molecule has 1 aromatic carbocycles. The fraction of sp³-hybridized carbons (Fsp3) is 0.200. The number of ketones is 1. The molecule has 2 heterocycles. The number of nitrogens with zero attached hydrogens (tertiary/aromatic N) is 1. The molecule has 0 unspecified atom stereocenters. The molecule has 2 aromatic heterocycles. The summed E-state index contributed by atoms with van der Waals surface area (Å²) >= 11 is 7.35. The number of hydrogen-bond donors (Lipinski definition) is 1. The van der Waals surface area contributed by atoms with Crippen LogP contribution in [0.15, 0.2) is 29.8 Å². The average Bonchev–Trinajstić information content (AvgIpc) is 3.04. The largest absolute Gasteiger partial charge is 0.360 e. The van der Waals surface area contributed by atoms with Gasteiger partial charge in [0.15, 0.2) is 5.01 Å². The van der Waals surface area contributed by atoms with Crippen LogP contribution < -0.4 is 0 Å². The highest BCUT2D eigenvalue weighted by Gasteiger charge is 2.17. The number of fused-ring (bicyclic) bond motifs is 1. The predicted octanol–water partition coefficient (Wildman–Crippen LogP) is 4.46. The van der Waals surface area contributed by atoms with Crippen molar-refractivity contribution in [2.24, 2.45) is 0 Å². The van der Waals surface area contributed by atoms with Crippen molar-refractivity contribution in [2.75, 3.05) is 0 Å². The molecular weight excluding hydrogens is 292 g/mol. The van der Waals surface area contributed by atoms with E-state index < -0.39 is 0 Å². The molecule has 3 nitrogen and oxygen atoms in total. The molecule has 0 aliphatic carbocycles. The fourth-order valence-corrected chi connectivity index (χ4v) is 3.16. The maximum atomic E-state index is 12.5. The van der Waals surface area contributed by atoms with E-state index in [2.05, 4.69) is 16.9 Å². The smallest absolute Gasteiger partial charge is 0.223 e. The highest BCUT2D eigenvalue weighted by atomic mass is 35.5. The number of carbonyl (C=O) groups excluding carboxylic acids is 1. The monoisotopic (exact) mass is 304 g/mol. The first kappa shape index (κ1) is 13.3.